The number of sulfonamides is 1. The van der Waals surface area contributed by atoms with E-state index in [2.05, 4.69) is 4.72 Å². The third kappa shape index (κ3) is 3.94. The predicted octanol–water partition coefficient (Wildman–Crippen LogP) is 2.82. The summed E-state index contributed by atoms with van der Waals surface area (Å²) >= 11 is 0. The van der Waals surface area contributed by atoms with E-state index in [9.17, 15) is 18.3 Å². The molecule has 0 saturated heterocycles. The Balaban J connectivity index is 2.05. The summed E-state index contributed by atoms with van der Waals surface area (Å²) in [5.74, 6) is -1.14. The van der Waals surface area contributed by atoms with Crippen LogP contribution in [0.1, 0.15) is 0 Å². The largest absolute Gasteiger partial charge is 0.504 e. The van der Waals surface area contributed by atoms with E-state index in [1.807, 2.05) is 0 Å². The van der Waals surface area contributed by atoms with Crippen LogP contribution in [0.15, 0.2) is 59.5 Å². The number of carboxylic acids is 1. The molecule has 0 amide bonds. The van der Waals surface area contributed by atoms with Crippen LogP contribution in [-0.4, -0.2) is 38.3 Å². The topological polar surface area (TPSA) is 122 Å². The van der Waals surface area contributed by atoms with Crippen LogP contribution in [0, 0.1) is 0 Å². The maximum atomic E-state index is 12.8. The molecule has 0 spiro atoms. The Hall–Kier alpha value is -3.46. The maximum absolute atomic E-state index is 12.8. The van der Waals surface area contributed by atoms with Crippen molar-refractivity contribution < 1.29 is 32.9 Å². The fourth-order valence-electron chi connectivity index (χ4n) is 2.63. The zero-order valence-electron chi connectivity index (χ0n) is 14.7. The van der Waals surface area contributed by atoms with Crippen molar-refractivity contribution in [3.8, 4) is 17.2 Å². The average molecular weight is 403 g/mol. The number of anilines is 1. The molecule has 0 atom stereocenters. The molecule has 0 fully saturated rings. The third-order valence-electron chi connectivity index (χ3n) is 3.95. The number of carbonyl (C=O) groups is 1. The number of aliphatic carboxylic acids is 1. The van der Waals surface area contributed by atoms with E-state index in [0.717, 1.165) is 0 Å². The molecule has 0 aliphatic carbocycles. The lowest BCUT2D eigenvalue weighted by Gasteiger charge is -2.15. The lowest BCUT2D eigenvalue weighted by Crippen LogP contribution is -2.14. The molecule has 8 nitrogen and oxygen atoms in total. The number of hydrogen-bond donors (Lipinski definition) is 3. The van der Waals surface area contributed by atoms with Crippen molar-refractivity contribution in [2.24, 2.45) is 0 Å². The summed E-state index contributed by atoms with van der Waals surface area (Å²) in [4.78, 5) is 10.8. The van der Waals surface area contributed by atoms with Crippen LogP contribution in [0.3, 0.4) is 0 Å². The maximum Gasteiger partial charge on any atom is 0.341 e. The van der Waals surface area contributed by atoms with E-state index in [0.29, 0.717) is 16.5 Å². The lowest BCUT2D eigenvalue weighted by molar-refractivity contribution is -0.139. The molecule has 0 aromatic heterocycles. The van der Waals surface area contributed by atoms with Gasteiger partial charge in [-0.25, -0.2) is 13.2 Å². The van der Waals surface area contributed by atoms with Gasteiger partial charge in [0.1, 0.15) is 5.75 Å². The second-order valence-corrected chi connectivity index (χ2v) is 7.46. The van der Waals surface area contributed by atoms with Crippen molar-refractivity contribution >= 4 is 32.5 Å². The summed E-state index contributed by atoms with van der Waals surface area (Å²) in [5.41, 5.74) is 0.143. The van der Waals surface area contributed by atoms with Crippen molar-refractivity contribution in [3.05, 3.63) is 54.6 Å². The van der Waals surface area contributed by atoms with Gasteiger partial charge in [-0.15, -0.1) is 0 Å². The number of phenols is 1. The van der Waals surface area contributed by atoms with Crippen LogP contribution in [-0.2, 0) is 14.8 Å². The molecule has 0 heterocycles. The molecule has 0 aliphatic heterocycles. The molecular formula is C19H17NO7S. The standard InChI is InChI=1S/C19H17NO7S/c1-26-12-6-8-13(9-7-12)28(24,25)20-16-10-17(27-11-18(21)22)19(23)15-5-3-2-4-14(15)16/h2-10,20,23H,11H2,1H3,(H,21,22). The number of nitrogens with one attached hydrogen (secondary N) is 1. The Morgan fingerprint density at radius 2 is 1.71 bits per heavy atom. The van der Waals surface area contributed by atoms with E-state index < -0.39 is 22.6 Å². The van der Waals surface area contributed by atoms with Gasteiger partial charge in [0.05, 0.1) is 17.7 Å². The molecule has 0 aliphatic rings. The fourth-order valence-corrected chi connectivity index (χ4v) is 3.70. The first-order valence-electron chi connectivity index (χ1n) is 8.08. The van der Waals surface area contributed by atoms with E-state index in [1.54, 1.807) is 24.3 Å². The third-order valence-corrected chi connectivity index (χ3v) is 5.33. The number of benzene rings is 3. The minimum absolute atomic E-state index is 0.0125. The molecule has 3 aromatic rings. The van der Waals surface area contributed by atoms with Crippen molar-refractivity contribution in [1.29, 1.82) is 0 Å². The van der Waals surface area contributed by atoms with E-state index in [4.69, 9.17) is 14.6 Å². The molecule has 3 N–H and O–H groups in total. The Morgan fingerprint density at radius 3 is 2.32 bits per heavy atom. The zero-order chi connectivity index (χ0) is 20.3. The van der Waals surface area contributed by atoms with Crippen molar-refractivity contribution in [1.82, 2.24) is 0 Å². The van der Waals surface area contributed by atoms with Crippen LogP contribution < -0.4 is 14.2 Å². The highest BCUT2D eigenvalue weighted by Crippen LogP contribution is 2.40. The van der Waals surface area contributed by atoms with Crippen LogP contribution in [0.5, 0.6) is 17.2 Å². The first-order chi connectivity index (χ1) is 13.3. The summed E-state index contributed by atoms with van der Waals surface area (Å²) in [6, 6.07) is 13.6. The lowest BCUT2D eigenvalue weighted by atomic mass is 10.1. The second kappa shape index (κ2) is 7.65. The Labute approximate surface area is 161 Å². The predicted molar refractivity (Wildman–Crippen MR) is 103 cm³/mol. The van der Waals surface area contributed by atoms with Gasteiger partial charge in [0.2, 0.25) is 0 Å². The van der Waals surface area contributed by atoms with Gasteiger partial charge in [-0.2, -0.15) is 0 Å². The summed E-state index contributed by atoms with van der Waals surface area (Å²) in [6.07, 6.45) is 0. The normalized spacial score (nSPS) is 11.2. The summed E-state index contributed by atoms with van der Waals surface area (Å²) in [5, 5.41) is 19.9. The first kappa shape index (κ1) is 19.3. The number of rotatable bonds is 7. The van der Waals surface area contributed by atoms with Crippen LogP contribution in [0.4, 0.5) is 5.69 Å². The van der Waals surface area contributed by atoms with Gasteiger partial charge in [0.15, 0.2) is 18.1 Å². The minimum atomic E-state index is -3.95. The minimum Gasteiger partial charge on any atom is -0.504 e. The monoisotopic (exact) mass is 403 g/mol. The number of carboxylic acid groups (broad SMARTS) is 1. The van der Waals surface area contributed by atoms with Gasteiger partial charge in [-0.05, 0) is 24.3 Å². The quantitative estimate of drug-likeness (QED) is 0.519. The van der Waals surface area contributed by atoms with Crippen LogP contribution >= 0.6 is 0 Å². The second-order valence-electron chi connectivity index (χ2n) is 5.78. The number of ether oxygens (including phenoxy) is 2. The highest BCUT2D eigenvalue weighted by atomic mass is 32.2. The number of phenolic OH excluding ortho intramolecular Hbond substituents is 1. The molecule has 0 saturated carbocycles. The Bertz CT molecular complexity index is 1120. The van der Waals surface area contributed by atoms with Crippen molar-refractivity contribution in [2.75, 3.05) is 18.4 Å². The molecule has 9 heteroatoms. The van der Waals surface area contributed by atoms with Crippen molar-refractivity contribution in [2.45, 2.75) is 4.90 Å². The van der Waals surface area contributed by atoms with E-state index in [1.165, 1.54) is 37.4 Å². The summed E-state index contributed by atoms with van der Waals surface area (Å²) in [7, 11) is -2.47. The molecular weight excluding hydrogens is 386 g/mol. The van der Waals surface area contributed by atoms with Gasteiger partial charge in [0, 0.05) is 16.8 Å². The molecule has 28 heavy (non-hydrogen) atoms. The summed E-state index contributed by atoms with van der Waals surface area (Å²) in [6.45, 7) is -0.684. The fraction of sp³-hybridized carbons (Fsp3) is 0.105. The van der Waals surface area contributed by atoms with Gasteiger partial charge in [-0.3, -0.25) is 4.72 Å². The van der Waals surface area contributed by atoms with Gasteiger partial charge in [-0.1, -0.05) is 24.3 Å². The first-order valence-corrected chi connectivity index (χ1v) is 9.56. The number of methoxy groups -OCH3 is 1. The molecule has 0 radical (unpaired) electrons. The van der Waals surface area contributed by atoms with E-state index >= 15 is 0 Å². The number of aromatic hydroxyl groups is 1. The molecule has 3 aromatic carbocycles. The molecule has 0 unspecified atom stereocenters. The molecule has 3 rings (SSSR count). The van der Waals surface area contributed by atoms with Crippen LogP contribution in [0.25, 0.3) is 10.8 Å². The Kier molecular flexibility index (Phi) is 5.27. The Morgan fingerprint density at radius 1 is 1.07 bits per heavy atom. The molecule has 146 valence electrons. The molecule has 0 bridgehead atoms. The van der Waals surface area contributed by atoms with Crippen LogP contribution in [0.2, 0.25) is 0 Å². The SMILES string of the molecule is COc1ccc(S(=O)(=O)Nc2cc(OCC(=O)O)c(O)c3ccccc23)cc1. The van der Waals surface area contributed by atoms with Gasteiger partial charge < -0.3 is 19.7 Å². The van der Waals surface area contributed by atoms with E-state index in [-0.39, 0.29) is 22.1 Å². The number of fused-ring (bicyclic) bond motifs is 1. The average Bonchev–Trinajstić information content (AvgIpc) is 2.69. The number of hydrogen-bond acceptors (Lipinski definition) is 6. The van der Waals surface area contributed by atoms with Crippen molar-refractivity contribution in [3.63, 3.8) is 0 Å². The van der Waals surface area contributed by atoms with Gasteiger partial charge in [0.25, 0.3) is 10.0 Å². The summed E-state index contributed by atoms with van der Waals surface area (Å²) < 4.78 is 38.1. The highest BCUT2D eigenvalue weighted by Gasteiger charge is 2.19. The highest BCUT2D eigenvalue weighted by molar-refractivity contribution is 7.92. The zero-order valence-corrected chi connectivity index (χ0v) is 15.6. The van der Waals surface area contributed by atoms with Gasteiger partial charge >= 0.3 is 5.97 Å². The smallest absolute Gasteiger partial charge is 0.341 e.